The third-order valence-corrected chi connectivity index (χ3v) is 1.64. The third-order valence-electron chi connectivity index (χ3n) is 1.64. The normalized spacial score (nSPS) is 14.8. The zero-order chi connectivity index (χ0) is 8.36. The summed E-state index contributed by atoms with van der Waals surface area (Å²) in [5.41, 5.74) is 4.84. The summed E-state index contributed by atoms with van der Waals surface area (Å²) in [4.78, 5) is 10.4. The van der Waals surface area contributed by atoms with Gasteiger partial charge in [-0.05, 0) is 13.3 Å². The van der Waals surface area contributed by atoms with Crippen LogP contribution in [0.15, 0.2) is 0 Å². The topological polar surface area (TPSA) is 83.6 Å². The first-order chi connectivity index (χ1) is 4.41. The highest BCUT2D eigenvalue weighted by molar-refractivity contribution is 5.77. The Balaban J connectivity index is 4.17. The van der Waals surface area contributed by atoms with Crippen LogP contribution in [0.5, 0.6) is 0 Å². The van der Waals surface area contributed by atoms with E-state index in [-0.39, 0.29) is 6.42 Å². The molecule has 4 heteroatoms. The molecule has 0 aliphatic carbocycles. The van der Waals surface area contributed by atoms with Crippen molar-refractivity contribution >= 4 is 5.91 Å². The number of rotatable bonds is 3. The highest BCUT2D eigenvalue weighted by atomic mass is 16.5. The molecule has 0 saturated heterocycles. The number of aliphatic hydroxyl groups is 2. The molecular weight excluding hydrogens is 134 g/mol. The van der Waals surface area contributed by atoms with E-state index >= 15 is 0 Å². The minimum atomic E-state index is -1.95. The fourth-order valence-corrected chi connectivity index (χ4v) is 0.534. The highest BCUT2D eigenvalue weighted by Crippen LogP contribution is 2.16. The second-order valence-corrected chi connectivity index (χ2v) is 2.36. The Kier molecular flexibility index (Phi) is 2.80. The van der Waals surface area contributed by atoms with Crippen molar-refractivity contribution in [3.63, 3.8) is 0 Å². The van der Waals surface area contributed by atoms with Crippen LogP contribution in [0.25, 0.3) is 0 Å². The summed E-state index contributed by atoms with van der Waals surface area (Å²) < 4.78 is 0. The van der Waals surface area contributed by atoms with E-state index in [2.05, 4.69) is 0 Å². The molecule has 0 aromatic carbocycles. The second-order valence-electron chi connectivity index (χ2n) is 2.36. The van der Waals surface area contributed by atoms with E-state index < -0.39 is 17.6 Å². The molecule has 4 nitrogen and oxygen atoms in total. The molecule has 0 rings (SSSR count). The van der Waals surface area contributed by atoms with Crippen molar-refractivity contribution in [2.24, 2.45) is 11.7 Å². The first-order valence-electron chi connectivity index (χ1n) is 3.16. The van der Waals surface area contributed by atoms with Crippen LogP contribution in [0.1, 0.15) is 20.3 Å². The summed E-state index contributed by atoms with van der Waals surface area (Å²) in [6, 6.07) is 0. The maximum absolute atomic E-state index is 10.4. The Labute approximate surface area is 59.7 Å². The van der Waals surface area contributed by atoms with Crippen molar-refractivity contribution < 1.29 is 15.0 Å². The molecule has 1 unspecified atom stereocenters. The van der Waals surface area contributed by atoms with E-state index in [1.54, 1.807) is 6.92 Å². The van der Waals surface area contributed by atoms with Gasteiger partial charge < -0.3 is 15.9 Å². The quantitative estimate of drug-likeness (QED) is 0.457. The maximum Gasteiger partial charge on any atom is 0.225 e. The molecule has 0 aliphatic rings. The minimum Gasteiger partial charge on any atom is -0.369 e. The van der Waals surface area contributed by atoms with Gasteiger partial charge in [-0.3, -0.25) is 4.79 Å². The monoisotopic (exact) mass is 147 g/mol. The molecule has 0 radical (unpaired) electrons. The Morgan fingerprint density at radius 2 is 2.10 bits per heavy atom. The fraction of sp³-hybridized carbons (Fsp3) is 0.833. The average Bonchev–Trinajstić information content (AvgIpc) is 1.86. The molecule has 0 fully saturated rings. The van der Waals surface area contributed by atoms with E-state index in [9.17, 15) is 4.79 Å². The number of amides is 1. The lowest BCUT2D eigenvalue weighted by Gasteiger charge is -2.24. The number of carbonyl (C=O) groups is 1. The van der Waals surface area contributed by atoms with Crippen LogP contribution in [-0.2, 0) is 4.79 Å². The van der Waals surface area contributed by atoms with Crippen molar-refractivity contribution in [3.05, 3.63) is 0 Å². The van der Waals surface area contributed by atoms with Gasteiger partial charge in [0, 0.05) is 0 Å². The molecule has 10 heavy (non-hydrogen) atoms. The summed E-state index contributed by atoms with van der Waals surface area (Å²) in [7, 11) is 0. The Morgan fingerprint density at radius 1 is 1.70 bits per heavy atom. The van der Waals surface area contributed by atoms with Crippen molar-refractivity contribution in [1.82, 2.24) is 0 Å². The summed E-state index contributed by atoms with van der Waals surface area (Å²) in [5.74, 6) is -3.57. The van der Waals surface area contributed by atoms with Crippen molar-refractivity contribution in [2.45, 2.75) is 26.1 Å². The van der Waals surface area contributed by atoms with Gasteiger partial charge in [-0.15, -0.1) is 0 Å². The van der Waals surface area contributed by atoms with Crippen molar-refractivity contribution in [1.29, 1.82) is 0 Å². The predicted octanol–water partition coefficient (Wildman–Crippen LogP) is -0.801. The summed E-state index contributed by atoms with van der Waals surface area (Å²) >= 11 is 0. The minimum absolute atomic E-state index is 0.0944. The van der Waals surface area contributed by atoms with Crippen LogP contribution < -0.4 is 5.73 Å². The molecule has 60 valence electrons. The van der Waals surface area contributed by atoms with Gasteiger partial charge in [-0.25, -0.2) is 0 Å². The largest absolute Gasteiger partial charge is 0.369 e. The van der Waals surface area contributed by atoms with Crippen molar-refractivity contribution in [2.75, 3.05) is 0 Å². The summed E-state index contributed by atoms with van der Waals surface area (Å²) in [6.45, 7) is 2.95. The molecule has 0 aromatic heterocycles. The maximum atomic E-state index is 10.4. The molecule has 0 aliphatic heterocycles. The summed E-state index contributed by atoms with van der Waals surface area (Å²) in [5, 5.41) is 18.0. The lowest BCUT2D eigenvalue weighted by Crippen LogP contribution is -2.42. The SMILES string of the molecule is CCC(O)(O)C(C)C(N)=O. The van der Waals surface area contributed by atoms with Crippen molar-refractivity contribution in [3.8, 4) is 0 Å². The molecule has 4 N–H and O–H groups in total. The number of primary amides is 1. The van der Waals surface area contributed by atoms with Gasteiger partial charge in [-0.2, -0.15) is 0 Å². The van der Waals surface area contributed by atoms with Gasteiger partial charge >= 0.3 is 0 Å². The van der Waals surface area contributed by atoms with Gasteiger partial charge in [-0.1, -0.05) is 6.92 Å². The lowest BCUT2D eigenvalue weighted by atomic mass is 9.98. The second kappa shape index (κ2) is 2.98. The molecule has 0 saturated carbocycles. The molecule has 1 amide bonds. The number of nitrogens with two attached hydrogens (primary N) is 1. The van der Waals surface area contributed by atoms with Gasteiger partial charge in [0.05, 0.1) is 5.92 Å². The van der Waals surface area contributed by atoms with E-state index in [0.29, 0.717) is 0 Å². The molecule has 0 aromatic rings. The van der Waals surface area contributed by atoms with E-state index in [1.807, 2.05) is 0 Å². The molecule has 0 spiro atoms. The van der Waals surface area contributed by atoms with Crippen LogP contribution in [-0.4, -0.2) is 21.9 Å². The van der Waals surface area contributed by atoms with Gasteiger partial charge in [0.15, 0.2) is 5.79 Å². The molecule has 0 heterocycles. The summed E-state index contributed by atoms with van der Waals surface area (Å²) in [6.07, 6.45) is 0.0944. The van der Waals surface area contributed by atoms with E-state index in [4.69, 9.17) is 15.9 Å². The number of hydrogen-bond donors (Lipinski definition) is 3. The van der Waals surface area contributed by atoms with Gasteiger partial charge in [0.1, 0.15) is 0 Å². The molecule has 0 bridgehead atoms. The smallest absolute Gasteiger partial charge is 0.225 e. The van der Waals surface area contributed by atoms with Crippen LogP contribution in [0, 0.1) is 5.92 Å². The first kappa shape index (κ1) is 9.39. The molecular formula is C6H13NO3. The molecule has 1 atom stereocenters. The zero-order valence-corrected chi connectivity index (χ0v) is 6.16. The Bertz CT molecular complexity index is 133. The first-order valence-corrected chi connectivity index (χ1v) is 3.16. The van der Waals surface area contributed by atoms with Gasteiger partial charge in [0.25, 0.3) is 0 Å². The van der Waals surface area contributed by atoms with E-state index in [0.717, 1.165) is 0 Å². The van der Waals surface area contributed by atoms with Crippen LogP contribution in [0.4, 0.5) is 0 Å². The van der Waals surface area contributed by atoms with Gasteiger partial charge in [0.2, 0.25) is 5.91 Å². The number of hydrogen-bond acceptors (Lipinski definition) is 3. The van der Waals surface area contributed by atoms with Crippen LogP contribution in [0.2, 0.25) is 0 Å². The predicted molar refractivity (Wildman–Crippen MR) is 35.8 cm³/mol. The Hall–Kier alpha value is -0.610. The average molecular weight is 147 g/mol. The van der Waals surface area contributed by atoms with Crippen LogP contribution >= 0.6 is 0 Å². The number of carbonyl (C=O) groups excluding carboxylic acids is 1. The standard InChI is InChI=1S/C6H13NO3/c1-3-6(9,10)4(2)5(7)8/h4,9-10H,3H2,1-2H3,(H2,7,8). The fourth-order valence-electron chi connectivity index (χ4n) is 0.534. The zero-order valence-electron chi connectivity index (χ0n) is 6.16. The highest BCUT2D eigenvalue weighted by Gasteiger charge is 2.32. The lowest BCUT2D eigenvalue weighted by molar-refractivity contribution is -0.198. The third kappa shape index (κ3) is 1.97. The Morgan fingerprint density at radius 3 is 2.20 bits per heavy atom. The van der Waals surface area contributed by atoms with Crippen LogP contribution in [0.3, 0.4) is 0 Å². The van der Waals surface area contributed by atoms with E-state index in [1.165, 1.54) is 6.92 Å².